The molecule has 8 heteroatoms. The predicted molar refractivity (Wildman–Crippen MR) is 111 cm³/mol. The zero-order valence-electron chi connectivity index (χ0n) is 17.7. The van der Waals surface area contributed by atoms with Crippen molar-refractivity contribution in [3.63, 3.8) is 0 Å². The van der Waals surface area contributed by atoms with Gasteiger partial charge in [-0.3, -0.25) is 14.9 Å². The molecule has 1 unspecified atom stereocenters. The number of benzene rings is 2. The Labute approximate surface area is 170 Å². The van der Waals surface area contributed by atoms with Crippen molar-refractivity contribution in [2.45, 2.75) is 27.3 Å². The Hall–Kier alpha value is -3.13. The van der Waals surface area contributed by atoms with Gasteiger partial charge in [-0.05, 0) is 49.6 Å². The molecule has 2 rings (SSSR count). The number of nitro groups is 1. The summed E-state index contributed by atoms with van der Waals surface area (Å²) in [5.74, 6) is 1.01. The van der Waals surface area contributed by atoms with Crippen molar-refractivity contribution in [1.82, 2.24) is 0 Å². The lowest BCUT2D eigenvalue weighted by atomic mass is 10.1. The molecule has 0 bridgehead atoms. The molecule has 29 heavy (non-hydrogen) atoms. The summed E-state index contributed by atoms with van der Waals surface area (Å²) in [6.45, 7) is 6.35. The van der Waals surface area contributed by atoms with E-state index in [4.69, 9.17) is 9.47 Å². The topological polar surface area (TPSA) is 95.1 Å². The van der Waals surface area contributed by atoms with Crippen molar-refractivity contribution in [3.8, 4) is 11.5 Å². The maximum Gasteiger partial charge on any atom is 0.293 e. The normalized spacial score (nSPS) is 11.7. The number of nitrogens with zero attached hydrogens (tertiary/aromatic N) is 1. The van der Waals surface area contributed by atoms with Crippen molar-refractivity contribution in [2.24, 2.45) is 0 Å². The number of hydrogen-bond donors (Lipinski definition) is 2. The van der Waals surface area contributed by atoms with Gasteiger partial charge in [0.05, 0.1) is 26.2 Å². The molecule has 0 aliphatic rings. The summed E-state index contributed by atoms with van der Waals surface area (Å²) in [6.07, 6.45) is 0. The van der Waals surface area contributed by atoms with Crippen molar-refractivity contribution in [3.05, 3.63) is 56.6 Å². The van der Waals surface area contributed by atoms with Crippen LogP contribution in [0.15, 0.2) is 24.3 Å². The number of ether oxygens (including phenoxy) is 2. The fourth-order valence-corrected chi connectivity index (χ4v) is 3.17. The Bertz CT molecular complexity index is 927. The first kappa shape index (κ1) is 22.2. The van der Waals surface area contributed by atoms with E-state index in [-0.39, 0.29) is 23.8 Å². The van der Waals surface area contributed by atoms with Crippen LogP contribution in [0.1, 0.15) is 22.3 Å². The zero-order chi connectivity index (χ0) is 21.7. The molecule has 156 valence electrons. The Morgan fingerprint density at radius 2 is 1.72 bits per heavy atom. The van der Waals surface area contributed by atoms with Gasteiger partial charge in [-0.2, -0.15) is 0 Å². The summed E-state index contributed by atoms with van der Waals surface area (Å²) >= 11 is 0. The molecular formula is C21H28N3O5+. The monoisotopic (exact) mass is 402 g/mol. The van der Waals surface area contributed by atoms with Gasteiger partial charge in [-0.1, -0.05) is 6.07 Å². The van der Waals surface area contributed by atoms with E-state index in [0.717, 1.165) is 21.6 Å². The van der Waals surface area contributed by atoms with Crippen molar-refractivity contribution in [2.75, 3.05) is 33.1 Å². The lowest BCUT2D eigenvalue weighted by molar-refractivity contribution is -0.885. The maximum absolute atomic E-state index is 12.6. The highest BCUT2D eigenvalue weighted by Gasteiger charge is 2.21. The van der Waals surface area contributed by atoms with Crippen molar-refractivity contribution >= 4 is 17.3 Å². The number of rotatable bonds is 8. The van der Waals surface area contributed by atoms with Crippen LogP contribution in [0, 0.1) is 30.9 Å². The van der Waals surface area contributed by atoms with E-state index in [2.05, 4.69) is 5.32 Å². The number of nitro benzene ring substituents is 1. The molecule has 0 saturated heterocycles. The van der Waals surface area contributed by atoms with Crippen LogP contribution in [0.4, 0.5) is 11.4 Å². The number of aryl methyl sites for hydroxylation is 2. The number of methoxy groups -OCH3 is 2. The van der Waals surface area contributed by atoms with Gasteiger partial charge in [0.25, 0.3) is 11.6 Å². The molecule has 0 fully saturated rings. The highest BCUT2D eigenvalue weighted by Crippen LogP contribution is 2.31. The standard InChI is InChI=1S/C21H27N3O5/c1-13-7-8-17(24(26)27)21(15(13)3)22-20(25)12-23(4)11-16-10-19(29-6)18(28-5)9-14(16)2/h7-10H,11-12H2,1-6H3,(H,22,25)/p+1. The molecular weight excluding hydrogens is 374 g/mol. The number of carbonyl (C=O) groups is 1. The Morgan fingerprint density at radius 1 is 1.10 bits per heavy atom. The van der Waals surface area contributed by atoms with Gasteiger partial charge in [0.15, 0.2) is 18.0 Å². The third-order valence-corrected chi connectivity index (χ3v) is 4.97. The molecule has 1 atom stereocenters. The molecule has 0 aliphatic heterocycles. The maximum atomic E-state index is 12.6. The van der Waals surface area contributed by atoms with E-state index < -0.39 is 4.92 Å². The molecule has 2 N–H and O–H groups in total. The first-order valence-electron chi connectivity index (χ1n) is 9.25. The molecule has 1 amide bonds. The van der Waals surface area contributed by atoms with Crippen LogP contribution in [0.5, 0.6) is 11.5 Å². The Kier molecular flexibility index (Phi) is 7.17. The molecule has 2 aromatic carbocycles. The van der Waals surface area contributed by atoms with Crippen LogP contribution < -0.4 is 19.7 Å². The number of anilines is 1. The SMILES string of the molecule is COc1cc(C)c(C[NH+](C)CC(=O)Nc2c([N+](=O)[O-])ccc(C)c2C)cc1OC. The molecule has 2 aromatic rings. The number of likely N-dealkylation sites (N-methyl/N-ethyl adjacent to an activating group) is 1. The average molecular weight is 402 g/mol. The smallest absolute Gasteiger partial charge is 0.293 e. The third kappa shape index (κ3) is 5.23. The third-order valence-electron chi connectivity index (χ3n) is 4.97. The summed E-state index contributed by atoms with van der Waals surface area (Å²) in [5.41, 5.74) is 3.80. The number of amides is 1. The van der Waals surface area contributed by atoms with Gasteiger partial charge in [0.2, 0.25) is 0 Å². The van der Waals surface area contributed by atoms with Crippen molar-refractivity contribution in [1.29, 1.82) is 0 Å². The van der Waals surface area contributed by atoms with Gasteiger partial charge in [0, 0.05) is 11.6 Å². The van der Waals surface area contributed by atoms with E-state index in [1.807, 2.05) is 33.0 Å². The van der Waals surface area contributed by atoms with E-state index >= 15 is 0 Å². The fraction of sp³-hybridized carbons (Fsp3) is 0.381. The quantitative estimate of drug-likeness (QED) is 0.521. The van der Waals surface area contributed by atoms with Crippen LogP contribution in [0.2, 0.25) is 0 Å². The number of hydrogen-bond acceptors (Lipinski definition) is 5. The summed E-state index contributed by atoms with van der Waals surface area (Å²) in [6, 6.07) is 6.91. The summed E-state index contributed by atoms with van der Waals surface area (Å²) < 4.78 is 10.7. The molecule has 0 aromatic heterocycles. The number of nitrogens with one attached hydrogen (secondary N) is 2. The van der Waals surface area contributed by atoms with E-state index in [1.165, 1.54) is 6.07 Å². The second kappa shape index (κ2) is 9.38. The number of carbonyl (C=O) groups excluding carboxylic acids is 1. The van der Waals surface area contributed by atoms with Gasteiger partial charge in [-0.25, -0.2) is 0 Å². The molecule has 0 saturated carbocycles. The predicted octanol–water partition coefficient (Wildman–Crippen LogP) is 2.19. The number of quaternary nitrogens is 1. The van der Waals surface area contributed by atoms with Crippen LogP contribution in [-0.2, 0) is 11.3 Å². The van der Waals surface area contributed by atoms with Crippen LogP contribution in [0.25, 0.3) is 0 Å². The first-order valence-corrected chi connectivity index (χ1v) is 9.25. The first-order chi connectivity index (χ1) is 13.7. The Balaban J connectivity index is 2.13. The highest BCUT2D eigenvalue weighted by molar-refractivity contribution is 5.95. The van der Waals surface area contributed by atoms with E-state index in [0.29, 0.717) is 23.6 Å². The largest absolute Gasteiger partial charge is 0.493 e. The minimum absolute atomic E-state index is 0.102. The summed E-state index contributed by atoms with van der Waals surface area (Å²) in [4.78, 5) is 24.3. The minimum atomic E-state index is -0.481. The van der Waals surface area contributed by atoms with Gasteiger partial charge in [-0.15, -0.1) is 0 Å². The second-order valence-corrected chi connectivity index (χ2v) is 7.15. The summed E-state index contributed by atoms with van der Waals surface area (Å²) in [7, 11) is 5.07. The second-order valence-electron chi connectivity index (χ2n) is 7.15. The molecule has 0 heterocycles. The van der Waals surface area contributed by atoms with E-state index in [1.54, 1.807) is 27.2 Å². The average Bonchev–Trinajstić information content (AvgIpc) is 2.66. The fourth-order valence-electron chi connectivity index (χ4n) is 3.17. The molecule has 0 aliphatic carbocycles. The Morgan fingerprint density at radius 3 is 2.31 bits per heavy atom. The van der Waals surface area contributed by atoms with Crippen LogP contribution in [0.3, 0.4) is 0 Å². The van der Waals surface area contributed by atoms with Gasteiger partial charge >= 0.3 is 0 Å². The van der Waals surface area contributed by atoms with Crippen LogP contribution in [-0.4, -0.2) is 38.6 Å². The molecule has 0 spiro atoms. The molecule has 8 nitrogen and oxygen atoms in total. The lowest BCUT2D eigenvalue weighted by Crippen LogP contribution is -3.08. The zero-order valence-corrected chi connectivity index (χ0v) is 17.7. The lowest BCUT2D eigenvalue weighted by Gasteiger charge is -2.18. The highest BCUT2D eigenvalue weighted by atomic mass is 16.6. The van der Waals surface area contributed by atoms with Gasteiger partial charge in [0.1, 0.15) is 12.2 Å². The summed E-state index contributed by atoms with van der Waals surface area (Å²) in [5, 5.41) is 14.0. The minimum Gasteiger partial charge on any atom is -0.493 e. The van der Waals surface area contributed by atoms with Gasteiger partial charge < -0.3 is 19.7 Å². The van der Waals surface area contributed by atoms with Crippen molar-refractivity contribution < 1.29 is 24.1 Å². The van der Waals surface area contributed by atoms with E-state index in [9.17, 15) is 14.9 Å². The van der Waals surface area contributed by atoms with Crippen LogP contribution >= 0.6 is 0 Å². The molecule has 0 radical (unpaired) electrons.